The normalized spacial score (nSPS) is 17.5. The molecule has 1 unspecified atom stereocenters. The van der Waals surface area contributed by atoms with Crippen molar-refractivity contribution in [3.63, 3.8) is 0 Å². The molecule has 1 saturated heterocycles. The second kappa shape index (κ2) is 8.50. The van der Waals surface area contributed by atoms with E-state index in [4.69, 9.17) is 9.47 Å². The average Bonchev–Trinajstić information content (AvgIpc) is 3.09. The number of nitrogens with zero attached hydrogens (tertiary/aromatic N) is 2. The number of aromatic nitrogens is 1. The number of anilines is 1. The van der Waals surface area contributed by atoms with Crippen molar-refractivity contribution in [3.8, 4) is 11.5 Å². The van der Waals surface area contributed by atoms with Gasteiger partial charge in [0.25, 0.3) is 11.7 Å². The predicted molar refractivity (Wildman–Crippen MR) is 115 cm³/mol. The zero-order valence-electron chi connectivity index (χ0n) is 17.3. The third kappa shape index (κ3) is 3.45. The van der Waals surface area contributed by atoms with Crippen LogP contribution in [0.25, 0.3) is 5.76 Å². The molecule has 8 heteroatoms. The number of carbonyl (C=O) groups is 2. The van der Waals surface area contributed by atoms with Gasteiger partial charge >= 0.3 is 0 Å². The predicted octanol–water partition coefficient (Wildman–Crippen LogP) is 3.86. The van der Waals surface area contributed by atoms with Gasteiger partial charge in [-0.2, -0.15) is 0 Å². The van der Waals surface area contributed by atoms with Crippen LogP contribution in [0.3, 0.4) is 0 Å². The van der Waals surface area contributed by atoms with Crippen molar-refractivity contribution in [2.75, 3.05) is 19.1 Å². The highest BCUT2D eigenvalue weighted by Gasteiger charge is 2.47. The number of amides is 1. The van der Waals surface area contributed by atoms with Gasteiger partial charge in [0.2, 0.25) is 0 Å². The van der Waals surface area contributed by atoms with Crippen LogP contribution in [0.1, 0.15) is 17.2 Å². The monoisotopic (exact) mass is 434 g/mol. The summed E-state index contributed by atoms with van der Waals surface area (Å²) in [6.45, 7) is 0. The number of hydrogen-bond acceptors (Lipinski definition) is 6. The smallest absolute Gasteiger partial charge is 0.300 e. The Balaban J connectivity index is 2.00. The molecule has 0 spiro atoms. The molecule has 0 bridgehead atoms. The summed E-state index contributed by atoms with van der Waals surface area (Å²) >= 11 is 0. The van der Waals surface area contributed by atoms with E-state index >= 15 is 0 Å². The van der Waals surface area contributed by atoms with E-state index < -0.39 is 29.3 Å². The van der Waals surface area contributed by atoms with Gasteiger partial charge in [-0.3, -0.25) is 19.5 Å². The molecule has 2 aromatic carbocycles. The standard InChI is InChI=1S/C24H19FN2O5/c1-31-17-6-3-7-18(32-2)19(17)22(28)20-21(14-5-4-12-26-13-14)27(24(30)23(20)29)16-10-8-15(25)9-11-16/h3-13,21,28H,1-2H3/b22-20+. The zero-order valence-corrected chi connectivity index (χ0v) is 17.3. The van der Waals surface area contributed by atoms with Crippen molar-refractivity contribution in [3.05, 3.63) is 89.5 Å². The second-order valence-electron chi connectivity index (χ2n) is 6.97. The lowest BCUT2D eigenvalue weighted by atomic mass is 9.95. The van der Waals surface area contributed by atoms with E-state index in [-0.39, 0.29) is 22.6 Å². The van der Waals surface area contributed by atoms with Crippen molar-refractivity contribution in [2.45, 2.75) is 6.04 Å². The number of carbonyl (C=O) groups excluding carboxylic acids is 2. The molecule has 0 radical (unpaired) electrons. The van der Waals surface area contributed by atoms with Crippen LogP contribution in [0.4, 0.5) is 10.1 Å². The van der Waals surface area contributed by atoms with Crippen LogP contribution in [0.5, 0.6) is 11.5 Å². The van der Waals surface area contributed by atoms with Crippen molar-refractivity contribution >= 4 is 23.1 Å². The maximum atomic E-state index is 13.5. The summed E-state index contributed by atoms with van der Waals surface area (Å²) < 4.78 is 24.2. The van der Waals surface area contributed by atoms with Crippen molar-refractivity contribution in [2.24, 2.45) is 0 Å². The Morgan fingerprint density at radius 1 is 1.00 bits per heavy atom. The SMILES string of the molecule is COc1cccc(OC)c1/C(O)=C1\C(=O)C(=O)N(c2ccc(F)cc2)C1c1cccnc1. The lowest BCUT2D eigenvalue weighted by Gasteiger charge is -2.25. The molecule has 0 aliphatic carbocycles. The number of aliphatic hydroxyl groups excluding tert-OH is 1. The minimum atomic E-state index is -0.997. The highest BCUT2D eigenvalue weighted by atomic mass is 19.1. The number of halogens is 1. The molecular weight excluding hydrogens is 415 g/mol. The van der Waals surface area contributed by atoms with Gasteiger partial charge in [0.05, 0.1) is 25.8 Å². The summed E-state index contributed by atoms with van der Waals surface area (Å²) in [5.74, 6) is -2.16. The Labute approximate surface area is 183 Å². The number of benzene rings is 2. The van der Waals surface area contributed by atoms with Gasteiger partial charge in [-0.1, -0.05) is 12.1 Å². The van der Waals surface area contributed by atoms with Crippen LogP contribution in [0, 0.1) is 5.82 Å². The summed E-state index contributed by atoms with van der Waals surface area (Å²) in [7, 11) is 2.84. The first kappa shape index (κ1) is 21.0. The highest BCUT2D eigenvalue weighted by molar-refractivity contribution is 6.51. The third-order valence-electron chi connectivity index (χ3n) is 5.21. The fraction of sp³-hybridized carbons (Fsp3) is 0.125. The van der Waals surface area contributed by atoms with E-state index in [1.54, 1.807) is 36.5 Å². The number of methoxy groups -OCH3 is 2. The minimum Gasteiger partial charge on any atom is -0.506 e. The summed E-state index contributed by atoms with van der Waals surface area (Å²) in [6, 6.07) is 12.4. The number of hydrogen-bond donors (Lipinski definition) is 1. The number of ether oxygens (including phenoxy) is 2. The highest BCUT2D eigenvalue weighted by Crippen LogP contribution is 2.44. The topological polar surface area (TPSA) is 89.0 Å². The lowest BCUT2D eigenvalue weighted by Crippen LogP contribution is -2.29. The molecule has 4 rings (SSSR count). The Hall–Kier alpha value is -4.20. The van der Waals surface area contributed by atoms with Crippen molar-refractivity contribution in [1.82, 2.24) is 4.98 Å². The Bertz CT molecular complexity index is 1190. The molecule has 1 fully saturated rings. The molecule has 1 atom stereocenters. The summed E-state index contributed by atoms with van der Waals surface area (Å²) in [6.07, 6.45) is 3.05. The number of aliphatic hydroxyl groups is 1. The van der Waals surface area contributed by atoms with Gasteiger partial charge in [-0.15, -0.1) is 0 Å². The van der Waals surface area contributed by atoms with Crippen LogP contribution in [0.2, 0.25) is 0 Å². The van der Waals surface area contributed by atoms with Gasteiger partial charge in [0.1, 0.15) is 28.6 Å². The maximum absolute atomic E-state index is 13.5. The quantitative estimate of drug-likeness (QED) is 0.373. The van der Waals surface area contributed by atoms with Gasteiger partial charge in [0.15, 0.2) is 0 Å². The van der Waals surface area contributed by atoms with Crippen LogP contribution >= 0.6 is 0 Å². The van der Waals surface area contributed by atoms with Gasteiger partial charge in [0, 0.05) is 18.1 Å². The molecule has 3 aromatic rings. The van der Waals surface area contributed by atoms with Crippen molar-refractivity contribution < 1.29 is 28.6 Å². The molecule has 1 aliphatic rings. The lowest BCUT2D eigenvalue weighted by molar-refractivity contribution is -0.132. The number of ketones is 1. The van der Waals surface area contributed by atoms with E-state index in [0.29, 0.717) is 11.3 Å². The van der Waals surface area contributed by atoms with Gasteiger partial charge < -0.3 is 14.6 Å². The summed E-state index contributed by atoms with van der Waals surface area (Å²) in [5.41, 5.74) is 0.776. The van der Waals surface area contributed by atoms with Crippen LogP contribution in [-0.2, 0) is 9.59 Å². The summed E-state index contributed by atoms with van der Waals surface area (Å²) in [5, 5.41) is 11.3. The van der Waals surface area contributed by atoms with E-state index in [2.05, 4.69) is 4.98 Å². The molecular formula is C24H19FN2O5. The van der Waals surface area contributed by atoms with E-state index in [1.165, 1.54) is 49.6 Å². The van der Waals surface area contributed by atoms with Crippen LogP contribution in [-0.4, -0.2) is 36.0 Å². The molecule has 2 heterocycles. The van der Waals surface area contributed by atoms with E-state index in [9.17, 15) is 19.1 Å². The zero-order chi connectivity index (χ0) is 22.8. The number of Topliss-reactive ketones (excluding diaryl/α,β-unsaturated/α-hetero) is 1. The molecule has 1 amide bonds. The fourth-order valence-electron chi connectivity index (χ4n) is 3.77. The fourth-order valence-corrected chi connectivity index (χ4v) is 3.77. The first-order valence-electron chi connectivity index (χ1n) is 9.65. The number of pyridine rings is 1. The largest absolute Gasteiger partial charge is 0.506 e. The van der Waals surface area contributed by atoms with Gasteiger partial charge in [-0.25, -0.2) is 4.39 Å². The van der Waals surface area contributed by atoms with Crippen molar-refractivity contribution in [1.29, 1.82) is 0 Å². The molecule has 32 heavy (non-hydrogen) atoms. The Morgan fingerprint density at radius 2 is 1.66 bits per heavy atom. The van der Waals surface area contributed by atoms with Crippen LogP contribution < -0.4 is 14.4 Å². The molecule has 1 aliphatic heterocycles. The van der Waals surface area contributed by atoms with Crippen LogP contribution in [0.15, 0.2) is 72.6 Å². The van der Waals surface area contributed by atoms with Gasteiger partial charge in [-0.05, 0) is 48.0 Å². The minimum absolute atomic E-state index is 0.142. The maximum Gasteiger partial charge on any atom is 0.300 e. The molecule has 1 N–H and O–H groups in total. The first-order chi connectivity index (χ1) is 15.5. The Kier molecular flexibility index (Phi) is 5.59. The number of rotatable bonds is 5. The first-order valence-corrected chi connectivity index (χ1v) is 9.65. The third-order valence-corrected chi connectivity index (χ3v) is 5.21. The van der Waals surface area contributed by atoms with E-state index in [0.717, 1.165) is 0 Å². The molecule has 0 saturated carbocycles. The second-order valence-corrected chi connectivity index (χ2v) is 6.97. The average molecular weight is 434 g/mol. The van der Waals surface area contributed by atoms with E-state index in [1.807, 2.05) is 0 Å². The summed E-state index contributed by atoms with van der Waals surface area (Å²) in [4.78, 5) is 31.6. The molecule has 162 valence electrons. The molecule has 1 aromatic heterocycles. The Morgan fingerprint density at radius 3 is 2.22 bits per heavy atom. The molecule has 7 nitrogen and oxygen atoms in total.